The van der Waals surface area contributed by atoms with Crippen LogP contribution in [0.4, 0.5) is 0 Å². The molecule has 0 heterocycles. The molecule has 1 aromatic rings. The smallest absolute Gasteiger partial charge is 0.320 e. The van der Waals surface area contributed by atoms with Crippen LogP contribution >= 0.6 is 0 Å². The van der Waals surface area contributed by atoms with E-state index in [9.17, 15) is 9.59 Å². The first kappa shape index (κ1) is 15.8. The van der Waals surface area contributed by atoms with Gasteiger partial charge in [-0.3, -0.25) is 9.59 Å². The van der Waals surface area contributed by atoms with Gasteiger partial charge in [-0.1, -0.05) is 6.07 Å². The first-order valence-corrected chi connectivity index (χ1v) is 5.93. The summed E-state index contributed by atoms with van der Waals surface area (Å²) < 4.78 is 19.5. The molecule has 0 saturated heterocycles. The normalized spacial score (nSPS) is 10.1. The highest BCUT2D eigenvalue weighted by atomic mass is 16.5. The number of rotatable bonds is 6. The molecule has 0 fully saturated rings. The van der Waals surface area contributed by atoms with Gasteiger partial charge in [-0.15, -0.1) is 0 Å². The number of ether oxygens (including phenoxy) is 4. The monoisotopic (exact) mass is 282 g/mol. The number of carbonyl (C=O) groups excluding carboxylic acids is 2. The average Bonchev–Trinajstić information content (AvgIpc) is 2.50. The fourth-order valence-electron chi connectivity index (χ4n) is 1.79. The van der Waals surface area contributed by atoms with Crippen LogP contribution in [-0.2, 0) is 25.5 Å². The van der Waals surface area contributed by atoms with Gasteiger partial charge < -0.3 is 18.9 Å². The standard InChI is InChI=1S/C14H18O6/c1-17-11-6-5-9(8-12(11)18-2)7-10(13(15)19-3)14(16)20-4/h5-6,8,10H,7H2,1-4H3. The number of carbonyl (C=O) groups is 2. The lowest BCUT2D eigenvalue weighted by Crippen LogP contribution is -2.28. The van der Waals surface area contributed by atoms with Crippen molar-refractivity contribution < 1.29 is 28.5 Å². The first-order valence-electron chi connectivity index (χ1n) is 5.93. The molecule has 0 radical (unpaired) electrons. The van der Waals surface area contributed by atoms with Crippen LogP contribution in [0.3, 0.4) is 0 Å². The van der Waals surface area contributed by atoms with Gasteiger partial charge in [0.1, 0.15) is 0 Å². The van der Waals surface area contributed by atoms with Crippen LogP contribution in [0.2, 0.25) is 0 Å². The Hall–Kier alpha value is -2.24. The molecule has 1 aromatic carbocycles. The highest BCUT2D eigenvalue weighted by molar-refractivity contribution is 5.95. The summed E-state index contributed by atoms with van der Waals surface area (Å²) in [4.78, 5) is 23.2. The lowest BCUT2D eigenvalue weighted by Gasteiger charge is -2.14. The van der Waals surface area contributed by atoms with Gasteiger partial charge in [0.2, 0.25) is 0 Å². The Bertz CT molecular complexity index is 467. The average molecular weight is 282 g/mol. The number of esters is 2. The summed E-state index contributed by atoms with van der Waals surface area (Å²) in [6.45, 7) is 0. The quantitative estimate of drug-likeness (QED) is 0.577. The predicted octanol–water partition coefficient (Wildman–Crippen LogP) is 1.21. The molecule has 1 rings (SSSR count). The maximum Gasteiger partial charge on any atom is 0.320 e. The molecule has 0 saturated carbocycles. The third-order valence-corrected chi connectivity index (χ3v) is 2.86. The Morgan fingerprint density at radius 3 is 1.95 bits per heavy atom. The Kier molecular flexibility index (Phi) is 5.83. The van der Waals surface area contributed by atoms with E-state index in [2.05, 4.69) is 9.47 Å². The van der Waals surface area contributed by atoms with Crippen LogP contribution in [0.5, 0.6) is 11.5 Å². The van der Waals surface area contributed by atoms with Gasteiger partial charge in [-0.25, -0.2) is 0 Å². The number of methoxy groups -OCH3 is 4. The summed E-state index contributed by atoms with van der Waals surface area (Å²) in [5.41, 5.74) is 0.739. The minimum Gasteiger partial charge on any atom is -0.493 e. The molecule has 0 aromatic heterocycles. The second-order valence-corrected chi connectivity index (χ2v) is 3.99. The molecular weight excluding hydrogens is 264 g/mol. The summed E-state index contributed by atoms with van der Waals surface area (Å²) in [5.74, 6) is -1.16. The molecule has 0 spiro atoms. The lowest BCUT2D eigenvalue weighted by molar-refractivity contribution is -0.158. The maximum atomic E-state index is 11.6. The molecule has 0 bridgehead atoms. The van der Waals surface area contributed by atoms with Crippen molar-refractivity contribution in [3.8, 4) is 11.5 Å². The summed E-state index contributed by atoms with van der Waals surface area (Å²) in [6.07, 6.45) is 0.166. The van der Waals surface area contributed by atoms with Gasteiger partial charge in [-0.05, 0) is 24.1 Å². The Balaban J connectivity index is 2.99. The fraction of sp³-hybridized carbons (Fsp3) is 0.429. The van der Waals surface area contributed by atoms with E-state index in [4.69, 9.17) is 9.47 Å². The van der Waals surface area contributed by atoms with Crippen LogP contribution in [0, 0.1) is 5.92 Å². The van der Waals surface area contributed by atoms with Gasteiger partial charge >= 0.3 is 11.9 Å². The van der Waals surface area contributed by atoms with E-state index < -0.39 is 17.9 Å². The summed E-state index contributed by atoms with van der Waals surface area (Å²) in [7, 11) is 5.50. The van der Waals surface area contributed by atoms with Crippen molar-refractivity contribution in [2.24, 2.45) is 5.92 Å². The highest BCUT2D eigenvalue weighted by Gasteiger charge is 2.29. The van der Waals surface area contributed by atoms with E-state index in [-0.39, 0.29) is 6.42 Å². The molecule has 0 atom stereocenters. The van der Waals surface area contributed by atoms with E-state index >= 15 is 0 Å². The molecule has 110 valence electrons. The summed E-state index contributed by atoms with van der Waals surface area (Å²) in [5, 5.41) is 0. The topological polar surface area (TPSA) is 71.1 Å². The van der Waals surface area contributed by atoms with Crippen LogP contribution in [-0.4, -0.2) is 40.4 Å². The second kappa shape index (κ2) is 7.37. The van der Waals surface area contributed by atoms with Crippen LogP contribution in [0.15, 0.2) is 18.2 Å². The Labute approximate surface area is 117 Å². The zero-order valence-corrected chi connectivity index (χ0v) is 12.0. The second-order valence-electron chi connectivity index (χ2n) is 3.99. The lowest BCUT2D eigenvalue weighted by atomic mass is 9.99. The van der Waals surface area contributed by atoms with Crippen molar-refractivity contribution >= 4 is 11.9 Å². The zero-order valence-electron chi connectivity index (χ0n) is 12.0. The van der Waals surface area contributed by atoms with E-state index in [0.29, 0.717) is 11.5 Å². The molecule has 0 aliphatic heterocycles. The molecular formula is C14H18O6. The SMILES string of the molecule is COC(=O)C(Cc1ccc(OC)c(OC)c1)C(=O)OC. The third-order valence-electron chi connectivity index (χ3n) is 2.86. The van der Waals surface area contributed by atoms with Gasteiger partial charge in [0, 0.05) is 0 Å². The molecule has 20 heavy (non-hydrogen) atoms. The Morgan fingerprint density at radius 1 is 0.950 bits per heavy atom. The van der Waals surface area contributed by atoms with Crippen molar-refractivity contribution in [1.82, 2.24) is 0 Å². The highest BCUT2D eigenvalue weighted by Crippen LogP contribution is 2.28. The van der Waals surface area contributed by atoms with Crippen molar-refractivity contribution in [3.05, 3.63) is 23.8 Å². The Morgan fingerprint density at radius 2 is 1.50 bits per heavy atom. The minimum absolute atomic E-state index is 0.166. The van der Waals surface area contributed by atoms with Gasteiger partial charge in [0.25, 0.3) is 0 Å². The summed E-state index contributed by atoms with van der Waals surface area (Å²) in [6, 6.07) is 5.16. The van der Waals surface area contributed by atoms with Crippen molar-refractivity contribution in [1.29, 1.82) is 0 Å². The number of hydrogen-bond donors (Lipinski definition) is 0. The van der Waals surface area contributed by atoms with E-state index in [1.54, 1.807) is 18.2 Å². The molecule has 6 heteroatoms. The van der Waals surface area contributed by atoms with Crippen LogP contribution in [0.1, 0.15) is 5.56 Å². The van der Waals surface area contributed by atoms with Crippen molar-refractivity contribution in [2.45, 2.75) is 6.42 Å². The fourth-order valence-corrected chi connectivity index (χ4v) is 1.79. The molecule has 0 amide bonds. The van der Waals surface area contributed by atoms with Crippen LogP contribution in [0.25, 0.3) is 0 Å². The minimum atomic E-state index is -0.997. The number of hydrogen-bond acceptors (Lipinski definition) is 6. The van der Waals surface area contributed by atoms with Gasteiger partial charge in [0.15, 0.2) is 17.4 Å². The molecule has 0 aliphatic carbocycles. The predicted molar refractivity (Wildman–Crippen MR) is 70.8 cm³/mol. The molecule has 0 N–H and O–H groups in total. The zero-order chi connectivity index (χ0) is 15.1. The largest absolute Gasteiger partial charge is 0.493 e. The molecule has 0 unspecified atom stereocenters. The first-order chi connectivity index (χ1) is 9.57. The molecule has 6 nitrogen and oxygen atoms in total. The van der Waals surface area contributed by atoms with Crippen molar-refractivity contribution in [3.63, 3.8) is 0 Å². The van der Waals surface area contributed by atoms with E-state index in [1.165, 1.54) is 28.4 Å². The van der Waals surface area contributed by atoms with Crippen molar-refractivity contribution in [2.75, 3.05) is 28.4 Å². The maximum absolute atomic E-state index is 11.6. The van der Waals surface area contributed by atoms with Gasteiger partial charge in [-0.2, -0.15) is 0 Å². The van der Waals surface area contributed by atoms with Crippen LogP contribution < -0.4 is 9.47 Å². The van der Waals surface area contributed by atoms with Gasteiger partial charge in [0.05, 0.1) is 28.4 Å². The van der Waals surface area contributed by atoms with E-state index in [0.717, 1.165) is 5.56 Å². The van der Waals surface area contributed by atoms with E-state index in [1.807, 2.05) is 0 Å². The third kappa shape index (κ3) is 3.63. The molecule has 0 aliphatic rings. The number of benzene rings is 1. The summed E-state index contributed by atoms with van der Waals surface area (Å²) >= 11 is 0.